The van der Waals surface area contributed by atoms with E-state index in [1.54, 1.807) is 6.26 Å². The number of nitrogens with zero attached hydrogens (tertiary/aromatic N) is 4. The molecule has 0 aromatic carbocycles. The smallest absolute Gasteiger partial charge is 0.407 e. The lowest BCUT2D eigenvalue weighted by Gasteiger charge is -2.35. The molecule has 158 valence electrons. The van der Waals surface area contributed by atoms with Gasteiger partial charge in [-0.2, -0.15) is 0 Å². The minimum atomic E-state index is -0.731. The van der Waals surface area contributed by atoms with Crippen LogP contribution in [0.2, 0.25) is 10.3 Å². The van der Waals surface area contributed by atoms with Gasteiger partial charge in [0.2, 0.25) is 0 Å². The fourth-order valence-corrected chi connectivity index (χ4v) is 3.98. The zero-order valence-corrected chi connectivity index (χ0v) is 18.9. The van der Waals surface area contributed by atoms with E-state index in [1.807, 2.05) is 25.7 Å². The number of hydrogen-bond donors (Lipinski definition) is 1. The molecule has 1 N–H and O–H groups in total. The standard InChI is InChI=1S/C18H22Cl2FN5O2S/c1-18(2,3)28-17(27)22-9-6-5-7-26(8-9)15-10-12(23-16(25-15)29-4)11(21)14(20)24-13(10)19/h9H,5-8H2,1-4H3,(H,22,27)/t9-/m1/s1. The number of nitrogens with one attached hydrogen (secondary N) is 1. The summed E-state index contributed by atoms with van der Waals surface area (Å²) >= 11 is 13.4. The number of anilines is 1. The van der Waals surface area contributed by atoms with Crippen LogP contribution < -0.4 is 10.2 Å². The van der Waals surface area contributed by atoms with E-state index in [2.05, 4.69) is 20.3 Å². The van der Waals surface area contributed by atoms with Gasteiger partial charge >= 0.3 is 6.09 Å². The van der Waals surface area contributed by atoms with E-state index in [1.165, 1.54) is 11.8 Å². The number of alkyl carbamates (subject to hydrolysis) is 1. The van der Waals surface area contributed by atoms with Crippen LogP contribution in [0.1, 0.15) is 33.6 Å². The molecule has 1 fully saturated rings. The third-order valence-corrected chi connectivity index (χ3v) is 5.36. The van der Waals surface area contributed by atoms with Crippen molar-refractivity contribution in [3.63, 3.8) is 0 Å². The number of thioether (sulfide) groups is 1. The van der Waals surface area contributed by atoms with Gasteiger partial charge in [0.1, 0.15) is 22.1 Å². The number of amides is 1. The minimum absolute atomic E-state index is 0.0339. The van der Waals surface area contributed by atoms with Crippen molar-refractivity contribution >= 4 is 57.8 Å². The van der Waals surface area contributed by atoms with Gasteiger partial charge in [-0.25, -0.2) is 24.1 Å². The molecule has 29 heavy (non-hydrogen) atoms. The van der Waals surface area contributed by atoms with E-state index in [0.29, 0.717) is 29.5 Å². The van der Waals surface area contributed by atoms with Gasteiger partial charge < -0.3 is 15.0 Å². The Morgan fingerprint density at radius 1 is 1.28 bits per heavy atom. The van der Waals surface area contributed by atoms with Crippen LogP contribution in [0.4, 0.5) is 15.0 Å². The SMILES string of the molecule is CSc1nc(N2CCC[C@@H](NC(=O)OC(C)(C)C)C2)c2c(Cl)nc(Cl)c(F)c2n1. The number of pyridine rings is 1. The van der Waals surface area contributed by atoms with E-state index in [9.17, 15) is 9.18 Å². The molecule has 1 aliphatic rings. The second-order valence-corrected chi connectivity index (χ2v) is 9.19. The Balaban J connectivity index is 1.93. The number of fused-ring (bicyclic) bond motifs is 1. The van der Waals surface area contributed by atoms with E-state index in [4.69, 9.17) is 27.9 Å². The first kappa shape index (κ1) is 22.1. The summed E-state index contributed by atoms with van der Waals surface area (Å²) in [6, 6.07) is -0.148. The quantitative estimate of drug-likeness (QED) is 0.403. The van der Waals surface area contributed by atoms with Crippen LogP contribution in [0, 0.1) is 5.82 Å². The number of hydrogen-bond acceptors (Lipinski definition) is 7. The number of carbonyl (C=O) groups is 1. The minimum Gasteiger partial charge on any atom is -0.444 e. The molecule has 0 spiro atoms. The van der Waals surface area contributed by atoms with Gasteiger partial charge in [0.05, 0.1) is 5.39 Å². The lowest BCUT2D eigenvalue weighted by molar-refractivity contribution is 0.0500. The van der Waals surface area contributed by atoms with Gasteiger partial charge in [0.15, 0.2) is 16.1 Å². The average molecular weight is 462 g/mol. The van der Waals surface area contributed by atoms with E-state index in [0.717, 1.165) is 12.8 Å². The van der Waals surface area contributed by atoms with Crippen molar-refractivity contribution in [2.45, 2.75) is 50.4 Å². The number of rotatable bonds is 3. The van der Waals surface area contributed by atoms with E-state index >= 15 is 0 Å². The first-order valence-electron chi connectivity index (χ1n) is 9.09. The molecule has 0 unspecified atom stereocenters. The van der Waals surface area contributed by atoms with Gasteiger partial charge in [-0.15, -0.1) is 0 Å². The fourth-order valence-electron chi connectivity index (χ4n) is 3.15. The monoisotopic (exact) mass is 461 g/mol. The van der Waals surface area contributed by atoms with Crippen molar-refractivity contribution in [3.8, 4) is 0 Å². The molecule has 3 heterocycles. The fraction of sp³-hybridized carbons (Fsp3) is 0.556. The van der Waals surface area contributed by atoms with E-state index < -0.39 is 17.5 Å². The number of piperidine rings is 1. The second-order valence-electron chi connectivity index (χ2n) is 7.70. The summed E-state index contributed by atoms with van der Waals surface area (Å²) in [7, 11) is 0. The van der Waals surface area contributed by atoms with Crippen molar-refractivity contribution in [1.29, 1.82) is 0 Å². The lowest BCUT2D eigenvalue weighted by atomic mass is 10.1. The topological polar surface area (TPSA) is 80.2 Å². The van der Waals surface area contributed by atoms with Crippen LogP contribution in [-0.2, 0) is 4.74 Å². The summed E-state index contributed by atoms with van der Waals surface area (Å²) in [5.74, 6) is -0.256. The van der Waals surface area contributed by atoms with Crippen molar-refractivity contribution in [3.05, 3.63) is 16.1 Å². The second kappa shape index (κ2) is 8.65. The van der Waals surface area contributed by atoms with Crippen molar-refractivity contribution in [1.82, 2.24) is 20.3 Å². The first-order chi connectivity index (χ1) is 13.6. The largest absolute Gasteiger partial charge is 0.444 e. The molecule has 1 atom stereocenters. The molecule has 3 rings (SSSR count). The van der Waals surface area contributed by atoms with Gasteiger partial charge in [0.25, 0.3) is 0 Å². The molecule has 2 aromatic heterocycles. The Kier molecular flexibility index (Phi) is 6.60. The lowest BCUT2D eigenvalue weighted by Crippen LogP contribution is -2.49. The van der Waals surface area contributed by atoms with Crippen LogP contribution in [0.5, 0.6) is 0 Å². The molecule has 11 heteroatoms. The predicted octanol–water partition coefficient (Wildman–Crippen LogP) is 4.69. The third kappa shape index (κ3) is 5.13. The molecular weight excluding hydrogens is 440 g/mol. The molecule has 7 nitrogen and oxygen atoms in total. The molecule has 0 saturated carbocycles. The highest BCUT2D eigenvalue weighted by molar-refractivity contribution is 7.98. The van der Waals surface area contributed by atoms with Gasteiger partial charge in [-0.1, -0.05) is 35.0 Å². The average Bonchev–Trinajstić information content (AvgIpc) is 2.63. The Hall–Kier alpha value is -1.58. The maximum atomic E-state index is 14.6. The maximum Gasteiger partial charge on any atom is 0.407 e. The highest BCUT2D eigenvalue weighted by Gasteiger charge is 2.28. The molecule has 2 aromatic rings. The Morgan fingerprint density at radius 2 is 2.00 bits per heavy atom. The molecule has 0 aliphatic carbocycles. The summed E-state index contributed by atoms with van der Waals surface area (Å²) in [4.78, 5) is 26.7. The van der Waals surface area contributed by atoms with Gasteiger partial charge in [-0.05, 0) is 39.9 Å². The summed E-state index contributed by atoms with van der Waals surface area (Å²) < 4.78 is 19.9. The van der Waals surface area contributed by atoms with Gasteiger partial charge in [-0.3, -0.25) is 0 Å². The maximum absolute atomic E-state index is 14.6. The summed E-state index contributed by atoms with van der Waals surface area (Å²) in [5, 5.41) is 3.30. The van der Waals surface area contributed by atoms with Crippen molar-refractivity contribution < 1.29 is 13.9 Å². The van der Waals surface area contributed by atoms with Crippen molar-refractivity contribution in [2.75, 3.05) is 24.2 Å². The zero-order chi connectivity index (χ0) is 21.3. The number of halogens is 3. The number of carbonyl (C=O) groups excluding carboxylic acids is 1. The molecule has 1 saturated heterocycles. The number of ether oxygens (including phenoxy) is 1. The van der Waals surface area contributed by atoms with Crippen LogP contribution in [0.15, 0.2) is 5.16 Å². The Labute approximate surface area is 182 Å². The van der Waals surface area contributed by atoms with Gasteiger partial charge in [0, 0.05) is 19.1 Å². The summed E-state index contributed by atoms with van der Waals surface area (Å²) in [6.07, 6.45) is 2.93. The Morgan fingerprint density at radius 3 is 2.66 bits per heavy atom. The Bertz CT molecular complexity index is 941. The van der Waals surface area contributed by atoms with Crippen LogP contribution in [0.3, 0.4) is 0 Å². The molecule has 1 amide bonds. The highest BCUT2D eigenvalue weighted by Crippen LogP contribution is 2.35. The van der Waals surface area contributed by atoms with Crippen LogP contribution in [0.25, 0.3) is 10.9 Å². The van der Waals surface area contributed by atoms with Crippen molar-refractivity contribution in [2.24, 2.45) is 0 Å². The number of aromatic nitrogens is 3. The summed E-state index contributed by atoms with van der Waals surface area (Å²) in [6.45, 7) is 6.58. The molecule has 1 aliphatic heterocycles. The molecule has 0 radical (unpaired) electrons. The summed E-state index contributed by atoms with van der Waals surface area (Å²) in [5.41, 5.74) is -0.545. The molecule has 0 bridgehead atoms. The molecular formula is C18H22Cl2FN5O2S. The highest BCUT2D eigenvalue weighted by atomic mass is 35.5. The van der Waals surface area contributed by atoms with E-state index in [-0.39, 0.29) is 21.9 Å². The predicted molar refractivity (Wildman–Crippen MR) is 114 cm³/mol. The zero-order valence-electron chi connectivity index (χ0n) is 16.6. The third-order valence-electron chi connectivity index (χ3n) is 4.29. The first-order valence-corrected chi connectivity index (χ1v) is 11.1. The van der Waals surface area contributed by atoms with Crippen LogP contribution >= 0.6 is 35.0 Å². The normalized spacial score (nSPS) is 17.5. The van der Waals surface area contributed by atoms with Crippen LogP contribution in [-0.4, -0.2) is 52.0 Å².